The van der Waals surface area contributed by atoms with Crippen molar-refractivity contribution in [2.45, 2.75) is 38.0 Å². The summed E-state index contributed by atoms with van der Waals surface area (Å²) in [4.78, 5) is 10.6. The van der Waals surface area contributed by atoms with Gasteiger partial charge in [0.25, 0.3) is 0 Å². The van der Waals surface area contributed by atoms with E-state index in [4.69, 9.17) is 4.74 Å². The van der Waals surface area contributed by atoms with Gasteiger partial charge in [-0.2, -0.15) is 0 Å². The van der Waals surface area contributed by atoms with E-state index in [1.165, 1.54) is 6.42 Å². The van der Waals surface area contributed by atoms with Crippen LogP contribution in [0.1, 0.15) is 25.1 Å². The normalized spacial score (nSPS) is 30.1. The molecule has 0 aliphatic carbocycles. The molecule has 118 valence electrons. The molecule has 3 atom stereocenters. The van der Waals surface area contributed by atoms with Crippen LogP contribution in [0.2, 0.25) is 0 Å². The van der Waals surface area contributed by atoms with Crippen LogP contribution in [0, 0.1) is 5.92 Å². The summed E-state index contributed by atoms with van der Waals surface area (Å²) in [6.07, 6.45) is 2.87. The lowest BCUT2D eigenvalue weighted by Crippen LogP contribution is -2.45. The molecule has 3 heterocycles. The predicted octanol–water partition coefficient (Wildman–Crippen LogP) is 1.92. The molecule has 0 unspecified atom stereocenters. The molecule has 2 saturated heterocycles. The average molecular weight is 301 g/mol. The molecule has 2 aliphatic heterocycles. The first-order valence-electron chi connectivity index (χ1n) is 8.25. The fourth-order valence-corrected chi connectivity index (χ4v) is 3.92. The van der Waals surface area contributed by atoms with Gasteiger partial charge in [-0.1, -0.05) is 12.1 Å². The maximum Gasteiger partial charge on any atom is 0.121 e. The molecule has 1 aromatic carbocycles. The first kappa shape index (κ1) is 14.2. The van der Waals surface area contributed by atoms with Gasteiger partial charge in [0.2, 0.25) is 0 Å². The summed E-state index contributed by atoms with van der Waals surface area (Å²) in [6, 6.07) is 8.55. The van der Waals surface area contributed by atoms with Crippen LogP contribution in [0.3, 0.4) is 0 Å². The number of imidazole rings is 1. The van der Waals surface area contributed by atoms with E-state index in [-0.39, 0.29) is 12.0 Å². The van der Waals surface area contributed by atoms with Gasteiger partial charge in [-0.25, -0.2) is 4.98 Å². The van der Waals surface area contributed by atoms with Gasteiger partial charge >= 0.3 is 0 Å². The number of rotatable bonds is 3. The highest BCUT2D eigenvalue weighted by molar-refractivity contribution is 5.74. The summed E-state index contributed by atoms with van der Waals surface area (Å²) in [5.41, 5.74) is 2.11. The predicted molar refractivity (Wildman–Crippen MR) is 84.5 cm³/mol. The molecule has 0 amide bonds. The minimum absolute atomic E-state index is 0.227. The number of aliphatic hydroxyl groups excluding tert-OH is 1. The Morgan fingerprint density at radius 3 is 3.09 bits per heavy atom. The van der Waals surface area contributed by atoms with Crippen molar-refractivity contribution < 1.29 is 9.84 Å². The number of aliphatic hydroxyl groups is 1. The third kappa shape index (κ3) is 2.64. The molecule has 4 rings (SSSR count). The van der Waals surface area contributed by atoms with E-state index in [1.54, 1.807) is 0 Å². The van der Waals surface area contributed by atoms with E-state index in [9.17, 15) is 5.11 Å². The third-order valence-corrected chi connectivity index (χ3v) is 5.06. The monoisotopic (exact) mass is 301 g/mol. The van der Waals surface area contributed by atoms with Crippen molar-refractivity contribution in [3.05, 3.63) is 30.1 Å². The lowest BCUT2D eigenvalue weighted by Gasteiger charge is -2.36. The van der Waals surface area contributed by atoms with Gasteiger partial charge in [-0.3, -0.25) is 4.90 Å². The van der Waals surface area contributed by atoms with Gasteiger partial charge in [0.1, 0.15) is 5.82 Å². The molecule has 0 radical (unpaired) electrons. The number of H-pyrrole nitrogens is 1. The van der Waals surface area contributed by atoms with Crippen molar-refractivity contribution in [2.75, 3.05) is 19.8 Å². The standard InChI is InChI=1S/C17H23N3O2/c21-16-7-9-22-11-12(16)15-6-3-8-20(15)10-17-18-13-4-1-2-5-14(13)19-17/h1-2,4-5,12,15-16,21H,3,6-11H2,(H,18,19)/t12-,15-,16+/m0/s1. The number of nitrogens with one attached hydrogen (secondary N) is 1. The van der Waals surface area contributed by atoms with Crippen molar-refractivity contribution in [2.24, 2.45) is 5.92 Å². The van der Waals surface area contributed by atoms with Crippen LogP contribution in [-0.4, -0.2) is 51.9 Å². The topological polar surface area (TPSA) is 61.4 Å². The molecule has 2 fully saturated rings. The lowest BCUT2D eigenvalue weighted by molar-refractivity contribution is -0.0638. The minimum Gasteiger partial charge on any atom is -0.393 e. The second-order valence-corrected chi connectivity index (χ2v) is 6.48. The van der Waals surface area contributed by atoms with E-state index in [0.717, 1.165) is 42.8 Å². The van der Waals surface area contributed by atoms with Crippen LogP contribution < -0.4 is 0 Å². The number of nitrogens with zero attached hydrogens (tertiary/aromatic N) is 2. The summed E-state index contributed by atoms with van der Waals surface area (Å²) < 4.78 is 5.60. The third-order valence-electron chi connectivity index (χ3n) is 5.06. The fraction of sp³-hybridized carbons (Fsp3) is 0.588. The second kappa shape index (κ2) is 5.99. The maximum atomic E-state index is 10.3. The van der Waals surface area contributed by atoms with Crippen LogP contribution in [-0.2, 0) is 11.3 Å². The molecular weight excluding hydrogens is 278 g/mol. The highest BCUT2D eigenvalue weighted by Crippen LogP contribution is 2.30. The Labute approximate surface area is 130 Å². The first-order chi connectivity index (χ1) is 10.8. The molecule has 2 aromatic rings. The Kier molecular flexibility index (Phi) is 3.86. The Morgan fingerprint density at radius 1 is 1.32 bits per heavy atom. The van der Waals surface area contributed by atoms with Gasteiger partial charge in [0, 0.05) is 18.6 Å². The van der Waals surface area contributed by atoms with Crippen molar-refractivity contribution in [1.82, 2.24) is 14.9 Å². The summed E-state index contributed by atoms with van der Waals surface area (Å²) in [5.74, 6) is 1.25. The Balaban J connectivity index is 1.51. The average Bonchev–Trinajstić information content (AvgIpc) is 3.14. The molecule has 0 saturated carbocycles. The van der Waals surface area contributed by atoms with Crippen molar-refractivity contribution >= 4 is 11.0 Å². The number of aromatic amines is 1. The highest BCUT2D eigenvalue weighted by Gasteiger charge is 2.37. The summed E-state index contributed by atoms with van der Waals surface area (Å²) >= 11 is 0. The van der Waals surface area contributed by atoms with E-state index in [0.29, 0.717) is 19.3 Å². The van der Waals surface area contributed by atoms with Gasteiger partial charge in [-0.15, -0.1) is 0 Å². The maximum absolute atomic E-state index is 10.3. The molecule has 5 heteroatoms. The highest BCUT2D eigenvalue weighted by atomic mass is 16.5. The van der Waals surface area contributed by atoms with Crippen molar-refractivity contribution in [3.63, 3.8) is 0 Å². The number of likely N-dealkylation sites (tertiary alicyclic amines) is 1. The lowest BCUT2D eigenvalue weighted by atomic mass is 9.89. The molecule has 2 N–H and O–H groups in total. The number of ether oxygens (including phenoxy) is 1. The van der Waals surface area contributed by atoms with Crippen LogP contribution in [0.15, 0.2) is 24.3 Å². The van der Waals surface area contributed by atoms with E-state index in [1.807, 2.05) is 18.2 Å². The van der Waals surface area contributed by atoms with Crippen LogP contribution in [0.5, 0.6) is 0 Å². The van der Waals surface area contributed by atoms with Crippen molar-refractivity contribution in [3.8, 4) is 0 Å². The van der Waals surface area contributed by atoms with E-state index < -0.39 is 0 Å². The minimum atomic E-state index is -0.227. The largest absolute Gasteiger partial charge is 0.393 e. The molecule has 2 aliphatic rings. The van der Waals surface area contributed by atoms with Crippen molar-refractivity contribution in [1.29, 1.82) is 0 Å². The summed E-state index contributed by atoms with van der Waals surface area (Å²) in [7, 11) is 0. The molecule has 5 nitrogen and oxygen atoms in total. The zero-order valence-electron chi connectivity index (χ0n) is 12.7. The van der Waals surface area contributed by atoms with E-state index >= 15 is 0 Å². The molecule has 22 heavy (non-hydrogen) atoms. The first-order valence-corrected chi connectivity index (χ1v) is 8.25. The van der Waals surface area contributed by atoms with Crippen LogP contribution >= 0.6 is 0 Å². The molecular formula is C17H23N3O2. The van der Waals surface area contributed by atoms with Gasteiger partial charge < -0.3 is 14.8 Å². The van der Waals surface area contributed by atoms with Gasteiger partial charge in [0.15, 0.2) is 0 Å². The zero-order valence-corrected chi connectivity index (χ0v) is 12.7. The molecule has 1 aromatic heterocycles. The number of para-hydroxylation sites is 2. The van der Waals surface area contributed by atoms with Crippen LogP contribution in [0.4, 0.5) is 0 Å². The number of aromatic nitrogens is 2. The molecule has 0 bridgehead atoms. The summed E-state index contributed by atoms with van der Waals surface area (Å²) in [6.45, 7) is 3.27. The smallest absolute Gasteiger partial charge is 0.121 e. The fourth-order valence-electron chi connectivity index (χ4n) is 3.92. The Bertz CT molecular complexity index is 609. The van der Waals surface area contributed by atoms with Gasteiger partial charge in [0.05, 0.1) is 30.3 Å². The SMILES string of the molecule is O[C@@H]1CCOC[C@H]1[C@@H]1CCCN1Cc1nc2ccccc2[nH]1. The number of hydrogen-bond donors (Lipinski definition) is 2. The van der Waals surface area contributed by atoms with Gasteiger partial charge in [-0.05, 0) is 37.9 Å². The Hall–Kier alpha value is -1.43. The number of fused-ring (bicyclic) bond motifs is 1. The Morgan fingerprint density at radius 2 is 2.23 bits per heavy atom. The molecule has 0 spiro atoms. The van der Waals surface area contributed by atoms with E-state index in [2.05, 4.69) is 20.9 Å². The number of hydrogen-bond acceptors (Lipinski definition) is 4. The van der Waals surface area contributed by atoms with Crippen LogP contribution in [0.25, 0.3) is 11.0 Å². The summed E-state index contributed by atoms with van der Waals surface area (Å²) in [5, 5.41) is 10.3. The quantitative estimate of drug-likeness (QED) is 0.909. The zero-order chi connectivity index (χ0) is 14.9. The number of benzene rings is 1. The second-order valence-electron chi connectivity index (χ2n) is 6.48.